The molecule has 0 unspecified atom stereocenters. The highest BCUT2D eigenvalue weighted by Crippen LogP contribution is 2.28. The van der Waals surface area contributed by atoms with Gasteiger partial charge in [0.25, 0.3) is 5.91 Å². The molecule has 0 radical (unpaired) electrons. The Kier molecular flexibility index (Phi) is 3.84. The number of carbonyl (C=O) groups is 1. The van der Waals surface area contributed by atoms with Crippen molar-refractivity contribution >= 4 is 28.1 Å². The summed E-state index contributed by atoms with van der Waals surface area (Å²) < 4.78 is 1.96. The molecule has 3 heterocycles. The van der Waals surface area contributed by atoms with Crippen LogP contribution in [0, 0.1) is 0 Å². The zero-order valence-corrected chi connectivity index (χ0v) is 14.9. The molecule has 0 bridgehead atoms. The molecule has 0 aliphatic carbocycles. The number of rotatable bonds is 3. The first-order chi connectivity index (χ1) is 13.8. The highest BCUT2D eigenvalue weighted by atomic mass is 16.1. The molecule has 0 atom stereocenters. The molecule has 5 heteroatoms. The van der Waals surface area contributed by atoms with Crippen LogP contribution in [0.2, 0.25) is 0 Å². The highest BCUT2D eigenvalue weighted by Gasteiger charge is 2.13. The van der Waals surface area contributed by atoms with Crippen molar-refractivity contribution in [1.82, 2.24) is 14.4 Å². The van der Waals surface area contributed by atoms with Crippen LogP contribution in [-0.2, 0) is 0 Å². The third-order valence-corrected chi connectivity index (χ3v) is 4.65. The van der Waals surface area contributed by atoms with Crippen LogP contribution in [-0.4, -0.2) is 20.3 Å². The predicted octanol–water partition coefficient (Wildman–Crippen LogP) is 4.80. The van der Waals surface area contributed by atoms with Gasteiger partial charge in [0, 0.05) is 23.3 Å². The Hall–Kier alpha value is -3.99. The number of nitrogens with one attached hydrogen (secondary N) is 1. The number of imidazole rings is 1. The second-order valence-corrected chi connectivity index (χ2v) is 6.48. The fourth-order valence-electron chi connectivity index (χ4n) is 3.26. The normalized spacial score (nSPS) is 11.0. The Labute approximate surface area is 161 Å². The number of hydrogen-bond acceptors (Lipinski definition) is 3. The van der Waals surface area contributed by atoms with Gasteiger partial charge in [-0.3, -0.25) is 4.79 Å². The summed E-state index contributed by atoms with van der Waals surface area (Å²) in [5.41, 5.74) is 4.39. The van der Waals surface area contributed by atoms with Crippen LogP contribution in [0.3, 0.4) is 0 Å². The van der Waals surface area contributed by atoms with Crippen molar-refractivity contribution in [2.45, 2.75) is 0 Å². The van der Waals surface area contributed by atoms with Crippen LogP contribution in [0.4, 0.5) is 5.69 Å². The van der Waals surface area contributed by atoms with Crippen LogP contribution in [0.5, 0.6) is 0 Å². The summed E-state index contributed by atoms with van der Waals surface area (Å²) in [6, 6.07) is 24.9. The van der Waals surface area contributed by atoms with E-state index in [0.29, 0.717) is 11.4 Å². The summed E-state index contributed by atoms with van der Waals surface area (Å²) in [7, 11) is 0. The first-order valence-corrected chi connectivity index (χ1v) is 8.98. The molecule has 0 saturated heterocycles. The van der Waals surface area contributed by atoms with Gasteiger partial charge in [0.05, 0.1) is 16.9 Å². The number of nitrogens with zero attached hydrogens (tertiary/aromatic N) is 3. The quantitative estimate of drug-likeness (QED) is 0.500. The van der Waals surface area contributed by atoms with Crippen LogP contribution in [0.25, 0.3) is 27.8 Å². The van der Waals surface area contributed by atoms with E-state index >= 15 is 0 Å². The summed E-state index contributed by atoms with van der Waals surface area (Å²) in [4.78, 5) is 22.0. The minimum atomic E-state index is -0.248. The Balaban J connectivity index is 1.50. The molecule has 5 rings (SSSR count). The Morgan fingerprint density at radius 1 is 0.821 bits per heavy atom. The number of carbonyl (C=O) groups excluding carboxylic acids is 1. The van der Waals surface area contributed by atoms with Gasteiger partial charge in [-0.25, -0.2) is 9.97 Å². The van der Waals surface area contributed by atoms with Gasteiger partial charge in [-0.15, -0.1) is 0 Å². The molecule has 1 amide bonds. The van der Waals surface area contributed by atoms with Crippen molar-refractivity contribution in [3.63, 3.8) is 0 Å². The van der Waals surface area contributed by atoms with E-state index in [2.05, 4.69) is 15.3 Å². The topological polar surface area (TPSA) is 59.3 Å². The number of aromatic nitrogens is 3. The maximum Gasteiger partial charge on any atom is 0.274 e. The lowest BCUT2D eigenvalue weighted by atomic mass is 10.1. The van der Waals surface area contributed by atoms with Gasteiger partial charge in [-0.05, 0) is 30.3 Å². The van der Waals surface area contributed by atoms with E-state index in [1.54, 1.807) is 6.07 Å². The van der Waals surface area contributed by atoms with E-state index in [0.717, 1.165) is 27.8 Å². The Bertz CT molecular complexity index is 1290. The highest BCUT2D eigenvalue weighted by molar-refractivity contribution is 6.06. The average molecular weight is 364 g/mol. The second kappa shape index (κ2) is 6.63. The molecule has 1 N–H and O–H groups in total. The largest absolute Gasteiger partial charge is 0.320 e. The van der Waals surface area contributed by atoms with Crippen molar-refractivity contribution in [2.24, 2.45) is 0 Å². The van der Waals surface area contributed by atoms with Crippen LogP contribution < -0.4 is 5.32 Å². The molecule has 5 aromatic rings. The molecule has 2 aromatic carbocycles. The van der Waals surface area contributed by atoms with Gasteiger partial charge in [0.15, 0.2) is 0 Å². The first kappa shape index (κ1) is 16.2. The molecular weight excluding hydrogens is 348 g/mol. The minimum absolute atomic E-state index is 0.248. The van der Waals surface area contributed by atoms with Crippen molar-refractivity contribution < 1.29 is 4.79 Å². The van der Waals surface area contributed by atoms with Crippen molar-refractivity contribution in [3.8, 4) is 11.3 Å². The smallest absolute Gasteiger partial charge is 0.274 e. The van der Waals surface area contributed by atoms with E-state index < -0.39 is 0 Å². The van der Waals surface area contributed by atoms with Gasteiger partial charge in [0.2, 0.25) is 0 Å². The van der Waals surface area contributed by atoms with Crippen LogP contribution in [0.15, 0.2) is 91.3 Å². The molecule has 0 fully saturated rings. The Morgan fingerprint density at radius 2 is 1.64 bits per heavy atom. The average Bonchev–Trinajstić information content (AvgIpc) is 3.18. The summed E-state index contributed by atoms with van der Waals surface area (Å²) in [5, 5.41) is 3.99. The van der Waals surface area contributed by atoms with E-state index in [1.165, 1.54) is 0 Å². The summed E-state index contributed by atoms with van der Waals surface area (Å²) in [6.45, 7) is 0. The van der Waals surface area contributed by atoms with Gasteiger partial charge in [0.1, 0.15) is 11.3 Å². The third-order valence-electron chi connectivity index (χ3n) is 4.65. The van der Waals surface area contributed by atoms with Gasteiger partial charge in [-0.1, -0.05) is 48.5 Å². The molecule has 134 valence electrons. The van der Waals surface area contributed by atoms with E-state index in [4.69, 9.17) is 0 Å². The second-order valence-electron chi connectivity index (χ2n) is 6.48. The maximum atomic E-state index is 12.8. The molecule has 3 aromatic heterocycles. The van der Waals surface area contributed by atoms with Crippen molar-refractivity contribution in [2.75, 3.05) is 5.32 Å². The lowest BCUT2D eigenvalue weighted by Gasteiger charge is -2.09. The van der Waals surface area contributed by atoms with E-state index in [9.17, 15) is 4.79 Å². The molecule has 28 heavy (non-hydrogen) atoms. The molecule has 0 aliphatic rings. The molecule has 0 saturated carbocycles. The minimum Gasteiger partial charge on any atom is -0.320 e. The SMILES string of the molecule is O=C(Nc1ccccc1-c1cn2ccccc2n1)c1ccc2ccccc2n1. The predicted molar refractivity (Wildman–Crippen MR) is 110 cm³/mol. The van der Waals surface area contributed by atoms with E-state index in [1.807, 2.05) is 89.6 Å². The van der Waals surface area contributed by atoms with Crippen molar-refractivity contribution in [1.29, 1.82) is 0 Å². The first-order valence-electron chi connectivity index (χ1n) is 8.98. The summed E-state index contributed by atoms with van der Waals surface area (Å²) in [5.74, 6) is -0.248. The lowest BCUT2D eigenvalue weighted by Crippen LogP contribution is -2.14. The monoisotopic (exact) mass is 364 g/mol. The summed E-state index contributed by atoms with van der Waals surface area (Å²) in [6.07, 6.45) is 3.90. The number of para-hydroxylation sites is 2. The zero-order chi connectivity index (χ0) is 18.9. The maximum absolute atomic E-state index is 12.8. The van der Waals surface area contributed by atoms with Gasteiger partial charge in [-0.2, -0.15) is 0 Å². The number of hydrogen-bond donors (Lipinski definition) is 1. The standard InChI is InChI=1S/C23H16N4O/c28-23(20-13-12-16-7-1-3-9-18(16)24-20)26-19-10-4-2-8-17(19)21-15-27-14-6-5-11-22(27)25-21/h1-15H,(H,26,28). The summed E-state index contributed by atoms with van der Waals surface area (Å²) >= 11 is 0. The number of anilines is 1. The fourth-order valence-corrected chi connectivity index (χ4v) is 3.26. The van der Waals surface area contributed by atoms with Crippen molar-refractivity contribution in [3.05, 3.63) is 97.0 Å². The number of pyridine rings is 2. The molecule has 5 nitrogen and oxygen atoms in total. The van der Waals surface area contributed by atoms with Gasteiger partial charge >= 0.3 is 0 Å². The van der Waals surface area contributed by atoms with Crippen LogP contribution >= 0.6 is 0 Å². The number of amides is 1. The number of fused-ring (bicyclic) bond motifs is 2. The number of benzene rings is 2. The molecule has 0 spiro atoms. The lowest BCUT2D eigenvalue weighted by molar-refractivity contribution is 0.102. The third kappa shape index (κ3) is 2.89. The van der Waals surface area contributed by atoms with Crippen LogP contribution in [0.1, 0.15) is 10.5 Å². The van der Waals surface area contributed by atoms with E-state index in [-0.39, 0.29) is 5.91 Å². The molecule has 0 aliphatic heterocycles. The van der Waals surface area contributed by atoms with Gasteiger partial charge < -0.3 is 9.72 Å². The molecular formula is C23H16N4O. The Morgan fingerprint density at radius 3 is 2.57 bits per heavy atom. The fraction of sp³-hybridized carbons (Fsp3) is 0. The zero-order valence-electron chi connectivity index (χ0n) is 14.9.